The van der Waals surface area contributed by atoms with Crippen molar-refractivity contribution in [3.63, 3.8) is 0 Å². The average Bonchev–Trinajstić information content (AvgIpc) is 2.88. The molecule has 0 amide bonds. The highest BCUT2D eigenvalue weighted by Crippen LogP contribution is 2.44. The van der Waals surface area contributed by atoms with E-state index < -0.39 is 23.3 Å². The fraction of sp³-hybridized carbons (Fsp3) is 0.345. The molecule has 0 radical (unpaired) electrons. The van der Waals surface area contributed by atoms with Crippen molar-refractivity contribution in [3.8, 4) is 0 Å². The SMILES string of the molecule is O=C(CC1(O)CN2CCC1CC2)O[C@@H](c1ccccc1)C(O)(c1ccccc1)c1ccccc1. The Morgan fingerprint density at radius 3 is 1.88 bits per heavy atom. The first-order valence-corrected chi connectivity index (χ1v) is 12.0. The average molecular weight is 458 g/mol. The highest BCUT2D eigenvalue weighted by Gasteiger charge is 2.49. The van der Waals surface area contributed by atoms with Gasteiger partial charge in [0.05, 0.1) is 12.0 Å². The summed E-state index contributed by atoms with van der Waals surface area (Å²) in [6.45, 7) is 2.43. The number of ether oxygens (including phenoxy) is 1. The zero-order chi connectivity index (χ0) is 23.6. The van der Waals surface area contributed by atoms with Gasteiger partial charge < -0.3 is 19.8 Å². The van der Waals surface area contributed by atoms with E-state index in [2.05, 4.69) is 4.90 Å². The molecule has 5 heteroatoms. The lowest BCUT2D eigenvalue weighted by atomic mass is 9.73. The molecule has 34 heavy (non-hydrogen) atoms. The summed E-state index contributed by atoms with van der Waals surface area (Å²) in [7, 11) is 0. The van der Waals surface area contributed by atoms with Crippen molar-refractivity contribution in [1.29, 1.82) is 0 Å². The van der Waals surface area contributed by atoms with Crippen LogP contribution >= 0.6 is 0 Å². The molecular formula is C29H31NO4. The normalized spacial score (nSPS) is 25.0. The van der Waals surface area contributed by atoms with E-state index in [0.29, 0.717) is 23.2 Å². The number of nitrogens with zero attached hydrogens (tertiary/aromatic N) is 1. The van der Waals surface area contributed by atoms with Gasteiger partial charge in [-0.1, -0.05) is 91.0 Å². The third-order valence-corrected chi connectivity index (χ3v) is 7.45. The predicted octanol–water partition coefficient (Wildman–Crippen LogP) is 4.05. The maximum atomic E-state index is 13.4. The molecular weight excluding hydrogens is 426 g/mol. The van der Waals surface area contributed by atoms with Crippen LogP contribution in [-0.4, -0.2) is 46.3 Å². The molecule has 3 aromatic rings. The van der Waals surface area contributed by atoms with Crippen LogP contribution in [0.25, 0.3) is 0 Å². The number of rotatable bonds is 7. The second-order valence-electron chi connectivity index (χ2n) is 9.61. The van der Waals surface area contributed by atoms with Gasteiger partial charge in [-0.25, -0.2) is 0 Å². The minimum absolute atomic E-state index is 0.0862. The summed E-state index contributed by atoms with van der Waals surface area (Å²) in [6.07, 6.45) is 0.709. The quantitative estimate of drug-likeness (QED) is 0.524. The molecule has 0 spiro atoms. The Labute approximate surface area is 200 Å². The standard InChI is InChI=1S/C29H31NO4/c31-26(20-28(32)21-30-18-16-23(28)17-19-30)34-27(22-10-4-1-5-11-22)29(33,24-12-6-2-7-13-24)25-14-8-3-9-15-25/h1-15,23,27,32-33H,16-21H2/t27-,28?/m0/s1. The van der Waals surface area contributed by atoms with Crippen LogP contribution in [0.3, 0.4) is 0 Å². The third-order valence-electron chi connectivity index (χ3n) is 7.45. The molecule has 3 heterocycles. The molecule has 5 nitrogen and oxygen atoms in total. The third kappa shape index (κ3) is 4.27. The molecule has 2 atom stereocenters. The maximum absolute atomic E-state index is 13.4. The Hall–Kier alpha value is -2.99. The van der Waals surface area contributed by atoms with Crippen molar-refractivity contribution in [2.75, 3.05) is 19.6 Å². The first kappa shape index (κ1) is 22.8. The Balaban J connectivity index is 1.52. The lowest BCUT2D eigenvalue weighted by Crippen LogP contribution is -2.60. The molecule has 3 aliphatic heterocycles. The molecule has 1 unspecified atom stereocenters. The predicted molar refractivity (Wildman–Crippen MR) is 130 cm³/mol. The van der Waals surface area contributed by atoms with Gasteiger partial charge >= 0.3 is 5.97 Å². The molecule has 0 saturated carbocycles. The lowest BCUT2D eigenvalue weighted by molar-refractivity contribution is -0.177. The number of hydrogen-bond donors (Lipinski definition) is 2. The highest BCUT2D eigenvalue weighted by molar-refractivity contribution is 5.71. The summed E-state index contributed by atoms with van der Waals surface area (Å²) < 4.78 is 6.12. The number of fused-ring (bicyclic) bond motifs is 3. The maximum Gasteiger partial charge on any atom is 0.309 e. The summed E-state index contributed by atoms with van der Waals surface area (Å²) in [5.74, 6) is -0.405. The van der Waals surface area contributed by atoms with Crippen LogP contribution in [0.15, 0.2) is 91.0 Å². The molecule has 3 aliphatic rings. The molecule has 6 rings (SSSR count). The fourth-order valence-corrected chi connectivity index (χ4v) is 5.64. The van der Waals surface area contributed by atoms with Crippen molar-refractivity contribution < 1.29 is 19.7 Å². The molecule has 0 aromatic heterocycles. The molecule has 3 aromatic carbocycles. The molecule has 176 valence electrons. The topological polar surface area (TPSA) is 70.0 Å². The van der Waals surface area contributed by atoms with Crippen molar-refractivity contribution in [1.82, 2.24) is 4.90 Å². The molecule has 2 bridgehead atoms. The van der Waals surface area contributed by atoms with E-state index in [9.17, 15) is 15.0 Å². The van der Waals surface area contributed by atoms with Crippen LogP contribution in [0.4, 0.5) is 0 Å². The van der Waals surface area contributed by atoms with Crippen molar-refractivity contribution >= 4 is 5.97 Å². The van der Waals surface area contributed by atoms with Crippen LogP contribution in [0.2, 0.25) is 0 Å². The van der Waals surface area contributed by atoms with Gasteiger partial charge in [0.25, 0.3) is 0 Å². The summed E-state index contributed by atoms with van der Waals surface area (Å²) >= 11 is 0. The highest BCUT2D eigenvalue weighted by atomic mass is 16.6. The van der Waals surface area contributed by atoms with E-state index in [1.807, 2.05) is 91.0 Å². The molecule has 3 saturated heterocycles. The number of hydrogen-bond acceptors (Lipinski definition) is 5. The monoisotopic (exact) mass is 457 g/mol. The minimum atomic E-state index is -1.61. The lowest BCUT2D eigenvalue weighted by Gasteiger charge is -2.50. The number of esters is 1. The smallest absolute Gasteiger partial charge is 0.309 e. The zero-order valence-corrected chi connectivity index (χ0v) is 19.2. The fourth-order valence-electron chi connectivity index (χ4n) is 5.64. The van der Waals surface area contributed by atoms with Crippen LogP contribution in [0, 0.1) is 5.92 Å². The Morgan fingerprint density at radius 1 is 0.912 bits per heavy atom. The van der Waals surface area contributed by atoms with Gasteiger partial charge in [0.1, 0.15) is 0 Å². The second kappa shape index (κ2) is 9.34. The largest absolute Gasteiger partial charge is 0.454 e. The second-order valence-corrected chi connectivity index (χ2v) is 9.61. The number of benzene rings is 3. The van der Waals surface area contributed by atoms with Gasteiger partial charge in [0.15, 0.2) is 11.7 Å². The van der Waals surface area contributed by atoms with E-state index in [1.165, 1.54) is 0 Å². The molecule has 2 N–H and O–H groups in total. The summed E-state index contributed by atoms with van der Waals surface area (Å²) in [6, 6.07) is 28.0. The van der Waals surface area contributed by atoms with Crippen LogP contribution in [-0.2, 0) is 15.1 Å². The molecule has 3 fully saturated rings. The number of carbonyl (C=O) groups is 1. The van der Waals surface area contributed by atoms with Gasteiger partial charge in [0.2, 0.25) is 0 Å². The minimum Gasteiger partial charge on any atom is -0.454 e. The van der Waals surface area contributed by atoms with Gasteiger partial charge in [-0.2, -0.15) is 0 Å². The first-order chi connectivity index (χ1) is 16.5. The number of carbonyl (C=O) groups excluding carboxylic acids is 1. The van der Waals surface area contributed by atoms with Crippen molar-refractivity contribution in [2.45, 2.75) is 36.6 Å². The number of piperidine rings is 3. The van der Waals surface area contributed by atoms with Gasteiger partial charge in [0, 0.05) is 6.54 Å². The van der Waals surface area contributed by atoms with Crippen LogP contribution in [0.1, 0.15) is 42.1 Å². The van der Waals surface area contributed by atoms with Gasteiger partial charge in [-0.3, -0.25) is 4.79 Å². The van der Waals surface area contributed by atoms with E-state index in [0.717, 1.165) is 25.9 Å². The molecule has 0 aliphatic carbocycles. The first-order valence-electron chi connectivity index (χ1n) is 12.0. The van der Waals surface area contributed by atoms with E-state index in [-0.39, 0.29) is 12.3 Å². The van der Waals surface area contributed by atoms with Crippen LogP contribution in [0.5, 0.6) is 0 Å². The number of aliphatic hydroxyl groups is 2. The summed E-state index contributed by atoms with van der Waals surface area (Å²) in [5, 5.41) is 23.7. The van der Waals surface area contributed by atoms with E-state index in [4.69, 9.17) is 4.74 Å². The van der Waals surface area contributed by atoms with Crippen molar-refractivity contribution in [2.24, 2.45) is 5.92 Å². The van der Waals surface area contributed by atoms with Crippen LogP contribution < -0.4 is 0 Å². The zero-order valence-electron chi connectivity index (χ0n) is 19.2. The van der Waals surface area contributed by atoms with E-state index >= 15 is 0 Å². The summed E-state index contributed by atoms with van der Waals surface area (Å²) in [5.41, 5.74) is -0.760. The van der Waals surface area contributed by atoms with E-state index in [1.54, 1.807) is 0 Å². The summed E-state index contributed by atoms with van der Waals surface area (Å²) in [4.78, 5) is 15.6. The Kier molecular flexibility index (Phi) is 6.26. The van der Waals surface area contributed by atoms with Crippen molar-refractivity contribution in [3.05, 3.63) is 108 Å². The Bertz CT molecular complexity index is 1060. The van der Waals surface area contributed by atoms with Gasteiger partial charge in [-0.15, -0.1) is 0 Å². The van der Waals surface area contributed by atoms with Gasteiger partial charge in [-0.05, 0) is 48.5 Å². The Morgan fingerprint density at radius 2 is 1.41 bits per heavy atom.